The highest BCUT2D eigenvalue weighted by molar-refractivity contribution is 7.90. The Kier molecular flexibility index (Phi) is 4.97. The van der Waals surface area contributed by atoms with Crippen LogP contribution in [0.1, 0.15) is 0 Å². The molecule has 1 aliphatic rings. The van der Waals surface area contributed by atoms with Gasteiger partial charge in [0.05, 0.1) is 29.4 Å². The molecule has 2 aromatic rings. The Labute approximate surface area is 143 Å². The van der Waals surface area contributed by atoms with E-state index in [9.17, 15) is 21.6 Å². The summed E-state index contributed by atoms with van der Waals surface area (Å²) < 4.78 is 62.3. The summed E-state index contributed by atoms with van der Waals surface area (Å²) in [6.45, 7) is 0.910. The highest BCUT2D eigenvalue weighted by Gasteiger charge is 2.25. The van der Waals surface area contributed by atoms with Crippen molar-refractivity contribution < 1.29 is 26.0 Å². The SMILES string of the molecule is O=c1[nH]c2ccc(S(=O)(=O)NCCS(=O)(=O)N3CCOCC3)cc2o1. The minimum Gasteiger partial charge on any atom is -0.408 e. The highest BCUT2D eigenvalue weighted by atomic mass is 32.2. The average molecular weight is 391 g/mol. The van der Waals surface area contributed by atoms with Crippen molar-refractivity contribution in [1.82, 2.24) is 14.0 Å². The number of rotatable bonds is 6. The highest BCUT2D eigenvalue weighted by Crippen LogP contribution is 2.16. The summed E-state index contributed by atoms with van der Waals surface area (Å²) in [5, 5.41) is 0. The number of nitrogens with zero attached hydrogens (tertiary/aromatic N) is 1. The molecule has 1 aromatic heterocycles. The summed E-state index contributed by atoms with van der Waals surface area (Å²) >= 11 is 0. The molecule has 1 aliphatic heterocycles. The molecule has 0 bridgehead atoms. The molecule has 0 unspecified atom stereocenters. The molecule has 3 rings (SSSR count). The number of oxazole rings is 1. The van der Waals surface area contributed by atoms with Crippen molar-refractivity contribution in [2.24, 2.45) is 0 Å². The lowest BCUT2D eigenvalue weighted by molar-refractivity contribution is 0.0730. The first-order chi connectivity index (χ1) is 11.8. The largest absolute Gasteiger partial charge is 0.417 e. The second kappa shape index (κ2) is 6.88. The molecule has 0 atom stereocenters. The first-order valence-electron chi connectivity index (χ1n) is 7.46. The van der Waals surface area contributed by atoms with Crippen LogP contribution in [0, 0.1) is 0 Å². The third kappa shape index (κ3) is 4.10. The van der Waals surface area contributed by atoms with Crippen LogP contribution in [-0.2, 0) is 24.8 Å². The Morgan fingerprint density at radius 3 is 2.60 bits per heavy atom. The number of morpholine rings is 1. The van der Waals surface area contributed by atoms with E-state index < -0.39 is 25.8 Å². The van der Waals surface area contributed by atoms with E-state index in [-0.39, 0.29) is 35.9 Å². The fraction of sp³-hybridized carbons (Fsp3) is 0.462. The van der Waals surface area contributed by atoms with Crippen molar-refractivity contribution in [2.45, 2.75) is 4.90 Å². The van der Waals surface area contributed by atoms with E-state index in [2.05, 4.69) is 9.71 Å². The smallest absolute Gasteiger partial charge is 0.408 e. The molecule has 1 aromatic carbocycles. The van der Waals surface area contributed by atoms with Crippen molar-refractivity contribution in [2.75, 3.05) is 38.6 Å². The van der Waals surface area contributed by atoms with Crippen LogP contribution >= 0.6 is 0 Å². The molecule has 1 fully saturated rings. The molecule has 0 amide bonds. The van der Waals surface area contributed by atoms with Gasteiger partial charge in [0.25, 0.3) is 0 Å². The summed E-state index contributed by atoms with van der Waals surface area (Å²) in [6.07, 6.45) is 0. The maximum Gasteiger partial charge on any atom is 0.417 e. The number of hydrogen-bond donors (Lipinski definition) is 2. The minimum atomic E-state index is -3.93. The third-order valence-corrected chi connectivity index (χ3v) is 7.05. The molecule has 1 saturated heterocycles. The topological polar surface area (TPSA) is 139 Å². The normalized spacial score (nSPS) is 17.1. The van der Waals surface area contributed by atoms with E-state index in [1.807, 2.05) is 0 Å². The van der Waals surface area contributed by atoms with Gasteiger partial charge in [-0.15, -0.1) is 0 Å². The van der Waals surface area contributed by atoms with E-state index in [0.29, 0.717) is 18.7 Å². The first-order valence-corrected chi connectivity index (χ1v) is 10.6. The summed E-state index contributed by atoms with van der Waals surface area (Å²) in [4.78, 5) is 13.4. The summed E-state index contributed by atoms with van der Waals surface area (Å²) in [5.74, 6) is -1.04. The van der Waals surface area contributed by atoms with Gasteiger partial charge in [-0.05, 0) is 12.1 Å². The fourth-order valence-electron chi connectivity index (χ4n) is 2.44. The molecule has 0 spiro atoms. The minimum absolute atomic E-state index is 0.105. The Balaban J connectivity index is 1.67. The fourth-order valence-corrected chi connectivity index (χ4v) is 4.93. The van der Waals surface area contributed by atoms with Crippen LogP contribution in [0.2, 0.25) is 0 Å². The number of fused-ring (bicyclic) bond motifs is 1. The van der Waals surface area contributed by atoms with Gasteiger partial charge in [0, 0.05) is 25.7 Å². The van der Waals surface area contributed by atoms with Crippen molar-refractivity contribution in [3.63, 3.8) is 0 Å². The Morgan fingerprint density at radius 2 is 1.88 bits per heavy atom. The summed E-state index contributed by atoms with van der Waals surface area (Å²) in [6, 6.07) is 3.90. The molecular formula is C13H17N3O7S2. The van der Waals surface area contributed by atoms with Crippen LogP contribution in [0.4, 0.5) is 0 Å². The zero-order valence-corrected chi connectivity index (χ0v) is 14.7. The number of benzene rings is 1. The molecule has 12 heteroatoms. The second-order valence-corrected chi connectivity index (χ2v) is 9.25. The van der Waals surface area contributed by atoms with Gasteiger partial charge >= 0.3 is 5.76 Å². The molecule has 2 N–H and O–H groups in total. The van der Waals surface area contributed by atoms with Crippen LogP contribution < -0.4 is 10.5 Å². The number of aromatic amines is 1. The van der Waals surface area contributed by atoms with E-state index in [0.717, 1.165) is 0 Å². The second-order valence-electron chi connectivity index (χ2n) is 5.40. The molecule has 0 saturated carbocycles. The van der Waals surface area contributed by atoms with Crippen molar-refractivity contribution in [3.8, 4) is 0 Å². The van der Waals surface area contributed by atoms with Crippen LogP contribution in [0.5, 0.6) is 0 Å². The van der Waals surface area contributed by atoms with Gasteiger partial charge < -0.3 is 9.15 Å². The lowest BCUT2D eigenvalue weighted by Crippen LogP contribution is -2.43. The molecule has 10 nitrogen and oxygen atoms in total. The maximum absolute atomic E-state index is 12.3. The van der Waals surface area contributed by atoms with Crippen LogP contribution in [0.15, 0.2) is 32.3 Å². The van der Waals surface area contributed by atoms with Gasteiger partial charge in [0.15, 0.2) is 5.58 Å². The molecular weight excluding hydrogens is 374 g/mol. The maximum atomic E-state index is 12.3. The zero-order valence-electron chi connectivity index (χ0n) is 13.1. The van der Waals surface area contributed by atoms with Crippen molar-refractivity contribution in [3.05, 3.63) is 28.7 Å². The first kappa shape index (κ1) is 18.1. The van der Waals surface area contributed by atoms with Gasteiger partial charge in [-0.2, -0.15) is 4.31 Å². The van der Waals surface area contributed by atoms with E-state index in [4.69, 9.17) is 9.15 Å². The Bertz CT molecular complexity index is 1020. The van der Waals surface area contributed by atoms with Gasteiger partial charge in [0.2, 0.25) is 20.0 Å². The molecule has 2 heterocycles. The molecule has 0 radical (unpaired) electrons. The van der Waals surface area contributed by atoms with E-state index in [1.54, 1.807) is 0 Å². The van der Waals surface area contributed by atoms with Gasteiger partial charge in [0.1, 0.15) is 0 Å². The zero-order chi connectivity index (χ0) is 18.1. The lowest BCUT2D eigenvalue weighted by atomic mass is 10.3. The Morgan fingerprint density at radius 1 is 1.16 bits per heavy atom. The number of H-pyrrole nitrogens is 1. The average Bonchev–Trinajstić information content (AvgIpc) is 2.94. The summed E-state index contributed by atoms with van der Waals surface area (Å²) in [5.41, 5.74) is 0.479. The molecule has 138 valence electrons. The predicted octanol–water partition coefficient (Wildman–Crippen LogP) is -0.939. The number of ether oxygens (including phenoxy) is 1. The van der Waals surface area contributed by atoms with Gasteiger partial charge in [-0.3, -0.25) is 4.98 Å². The quantitative estimate of drug-likeness (QED) is 0.648. The van der Waals surface area contributed by atoms with E-state index in [1.165, 1.54) is 22.5 Å². The summed E-state index contributed by atoms with van der Waals surface area (Å²) in [7, 11) is -7.49. The molecule has 25 heavy (non-hydrogen) atoms. The van der Waals surface area contributed by atoms with Crippen molar-refractivity contribution >= 4 is 31.1 Å². The van der Waals surface area contributed by atoms with Crippen LogP contribution in [0.3, 0.4) is 0 Å². The molecule has 0 aliphatic carbocycles. The van der Waals surface area contributed by atoms with E-state index >= 15 is 0 Å². The van der Waals surface area contributed by atoms with Gasteiger partial charge in [-0.25, -0.2) is 26.4 Å². The van der Waals surface area contributed by atoms with Crippen LogP contribution in [-0.4, -0.2) is 64.7 Å². The number of nitrogens with one attached hydrogen (secondary N) is 2. The number of hydrogen-bond acceptors (Lipinski definition) is 7. The predicted molar refractivity (Wildman–Crippen MR) is 88.2 cm³/mol. The number of aromatic nitrogens is 1. The Hall–Kier alpha value is -1.73. The van der Waals surface area contributed by atoms with Crippen molar-refractivity contribution in [1.29, 1.82) is 0 Å². The lowest BCUT2D eigenvalue weighted by Gasteiger charge is -2.26. The standard InChI is InChI=1S/C13H17N3O7S2/c17-13-15-11-2-1-10(9-12(11)23-13)25(20,21)14-3-8-24(18,19)16-4-6-22-7-5-16/h1-2,9,14H,3-8H2,(H,15,17). The third-order valence-electron chi connectivity index (χ3n) is 3.72. The monoisotopic (exact) mass is 391 g/mol. The van der Waals surface area contributed by atoms with Crippen LogP contribution in [0.25, 0.3) is 11.1 Å². The number of sulfonamides is 2. The van der Waals surface area contributed by atoms with Gasteiger partial charge in [-0.1, -0.05) is 0 Å².